The van der Waals surface area contributed by atoms with E-state index in [9.17, 15) is 9.59 Å². The molecule has 0 aromatic carbocycles. The number of hydrogen-bond acceptors (Lipinski definition) is 4. The van der Waals surface area contributed by atoms with E-state index in [0.29, 0.717) is 6.54 Å². The van der Waals surface area contributed by atoms with E-state index >= 15 is 0 Å². The van der Waals surface area contributed by atoms with Crippen molar-refractivity contribution in [3.63, 3.8) is 0 Å². The molecule has 94 valence electrons. The van der Waals surface area contributed by atoms with Gasteiger partial charge in [0.1, 0.15) is 0 Å². The Kier molecular flexibility index (Phi) is 4.70. The first-order valence-electron chi connectivity index (χ1n) is 4.97. The van der Waals surface area contributed by atoms with Gasteiger partial charge in [0.15, 0.2) is 0 Å². The highest BCUT2D eigenvalue weighted by Crippen LogP contribution is 2.30. The normalized spacial score (nSPS) is 11.1. The predicted octanol–water partition coefficient (Wildman–Crippen LogP) is 2.08. The van der Waals surface area contributed by atoms with Crippen LogP contribution in [-0.4, -0.2) is 25.5 Å². The van der Waals surface area contributed by atoms with Crippen LogP contribution in [0.15, 0.2) is 15.9 Å². The Morgan fingerprint density at radius 3 is 2.65 bits per heavy atom. The van der Waals surface area contributed by atoms with E-state index in [1.165, 1.54) is 7.11 Å². The highest BCUT2D eigenvalue weighted by molar-refractivity contribution is 9.10. The third-order valence-electron chi connectivity index (χ3n) is 2.30. The molecule has 4 nitrogen and oxygen atoms in total. The van der Waals surface area contributed by atoms with Gasteiger partial charge in [0.05, 0.1) is 7.11 Å². The molecular weight excluding hydrogens is 306 g/mol. The summed E-state index contributed by atoms with van der Waals surface area (Å²) in [6, 6.07) is 2.01. The highest BCUT2D eigenvalue weighted by atomic mass is 79.9. The molecule has 0 unspecified atom stereocenters. The maximum Gasteiger partial charge on any atom is 0.396 e. The number of rotatable bonds is 3. The first kappa shape index (κ1) is 14.2. The van der Waals surface area contributed by atoms with Crippen molar-refractivity contribution in [3.05, 3.63) is 20.8 Å². The van der Waals surface area contributed by atoms with E-state index in [1.54, 1.807) is 11.3 Å². The number of hydrogen-bond donors (Lipinski definition) is 1. The van der Waals surface area contributed by atoms with Crippen molar-refractivity contribution in [1.29, 1.82) is 0 Å². The zero-order valence-corrected chi connectivity index (χ0v) is 12.3. The van der Waals surface area contributed by atoms with Gasteiger partial charge in [0, 0.05) is 26.7 Å². The van der Waals surface area contributed by atoms with E-state index < -0.39 is 11.9 Å². The number of carbonyl (C=O) groups excluding carboxylic acids is 2. The summed E-state index contributed by atoms with van der Waals surface area (Å²) in [5.41, 5.74) is -0.222. The number of carbonyl (C=O) groups is 2. The molecule has 0 saturated heterocycles. The van der Waals surface area contributed by atoms with Crippen LogP contribution in [0.2, 0.25) is 0 Å². The highest BCUT2D eigenvalue weighted by Gasteiger charge is 2.25. The fourth-order valence-corrected chi connectivity index (χ4v) is 2.78. The molecule has 0 atom stereocenters. The smallest absolute Gasteiger partial charge is 0.396 e. The van der Waals surface area contributed by atoms with Gasteiger partial charge in [0.25, 0.3) is 0 Å². The van der Waals surface area contributed by atoms with Crippen molar-refractivity contribution >= 4 is 39.1 Å². The molecule has 1 aromatic rings. The second-order valence-corrected chi connectivity index (χ2v) is 6.01. The molecule has 0 aliphatic carbocycles. The topological polar surface area (TPSA) is 55.4 Å². The number of ether oxygens (including phenoxy) is 1. The standard InChI is InChI=1S/C11H14BrNO3S/c1-11(2,8-4-7(12)5-17-8)6-13-9(14)10(15)16-3/h4-5H,6H2,1-3H3,(H,13,14). The first-order chi connectivity index (χ1) is 7.86. The number of amides is 1. The fraction of sp³-hybridized carbons (Fsp3) is 0.455. The number of esters is 1. The molecule has 1 amide bonds. The molecule has 1 rings (SSSR count). The first-order valence-corrected chi connectivity index (χ1v) is 6.65. The Morgan fingerprint density at radius 2 is 2.18 bits per heavy atom. The van der Waals surface area contributed by atoms with Crippen molar-refractivity contribution in [3.8, 4) is 0 Å². The lowest BCUT2D eigenvalue weighted by molar-refractivity contribution is -0.152. The molecule has 17 heavy (non-hydrogen) atoms. The van der Waals surface area contributed by atoms with Crippen LogP contribution in [0.5, 0.6) is 0 Å². The van der Waals surface area contributed by atoms with Gasteiger partial charge in [-0.15, -0.1) is 11.3 Å². The van der Waals surface area contributed by atoms with Crippen LogP contribution in [0, 0.1) is 0 Å². The lowest BCUT2D eigenvalue weighted by Crippen LogP contribution is -2.40. The second kappa shape index (κ2) is 5.64. The van der Waals surface area contributed by atoms with Crippen LogP contribution < -0.4 is 5.32 Å². The average Bonchev–Trinajstić information content (AvgIpc) is 2.72. The van der Waals surface area contributed by atoms with Crippen LogP contribution in [0.4, 0.5) is 0 Å². The summed E-state index contributed by atoms with van der Waals surface area (Å²) in [6.07, 6.45) is 0. The van der Waals surface area contributed by atoms with E-state index in [1.807, 2.05) is 25.3 Å². The monoisotopic (exact) mass is 319 g/mol. The van der Waals surface area contributed by atoms with Gasteiger partial charge < -0.3 is 10.1 Å². The molecule has 0 aliphatic heterocycles. The lowest BCUT2D eigenvalue weighted by Gasteiger charge is -2.23. The van der Waals surface area contributed by atoms with Crippen LogP contribution in [0.25, 0.3) is 0 Å². The van der Waals surface area contributed by atoms with Crippen molar-refractivity contribution < 1.29 is 14.3 Å². The molecule has 0 fully saturated rings. The van der Waals surface area contributed by atoms with Crippen LogP contribution in [-0.2, 0) is 19.7 Å². The van der Waals surface area contributed by atoms with Crippen molar-refractivity contribution in [1.82, 2.24) is 5.32 Å². The molecule has 0 saturated carbocycles. The molecule has 1 N–H and O–H groups in total. The summed E-state index contributed by atoms with van der Waals surface area (Å²) in [7, 11) is 1.18. The second-order valence-electron chi connectivity index (χ2n) is 4.19. The van der Waals surface area contributed by atoms with Crippen LogP contribution >= 0.6 is 27.3 Å². The number of halogens is 1. The van der Waals surface area contributed by atoms with E-state index in [2.05, 4.69) is 26.0 Å². The molecule has 0 radical (unpaired) electrons. The Labute approximate surface area is 112 Å². The Hall–Kier alpha value is -0.880. The van der Waals surface area contributed by atoms with Crippen LogP contribution in [0.1, 0.15) is 18.7 Å². The summed E-state index contributed by atoms with van der Waals surface area (Å²) >= 11 is 5.00. The Bertz CT molecular complexity index is 428. The predicted molar refractivity (Wildman–Crippen MR) is 70.1 cm³/mol. The molecule has 0 spiro atoms. The Balaban J connectivity index is 2.62. The van der Waals surface area contributed by atoms with Gasteiger partial charge in [-0.25, -0.2) is 4.79 Å². The summed E-state index contributed by atoms with van der Waals surface area (Å²) in [4.78, 5) is 23.3. The third kappa shape index (κ3) is 3.81. The van der Waals surface area contributed by atoms with Crippen molar-refractivity contribution in [2.45, 2.75) is 19.3 Å². The van der Waals surface area contributed by atoms with Crippen molar-refractivity contribution in [2.75, 3.05) is 13.7 Å². The summed E-state index contributed by atoms with van der Waals surface area (Å²) < 4.78 is 5.35. The lowest BCUT2D eigenvalue weighted by atomic mass is 9.91. The molecular formula is C11H14BrNO3S. The van der Waals surface area contributed by atoms with Gasteiger partial charge >= 0.3 is 11.9 Å². The Morgan fingerprint density at radius 1 is 1.53 bits per heavy atom. The van der Waals surface area contributed by atoms with Crippen LogP contribution in [0.3, 0.4) is 0 Å². The molecule has 6 heteroatoms. The molecule has 0 aliphatic rings. The zero-order valence-electron chi connectivity index (χ0n) is 9.87. The number of methoxy groups -OCH3 is 1. The summed E-state index contributed by atoms with van der Waals surface area (Å²) in [6.45, 7) is 4.39. The maximum atomic E-state index is 11.3. The minimum absolute atomic E-state index is 0.222. The number of nitrogens with one attached hydrogen (secondary N) is 1. The molecule has 1 heterocycles. The molecule has 0 bridgehead atoms. The SMILES string of the molecule is COC(=O)C(=O)NCC(C)(C)c1cc(Br)cs1. The van der Waals surface area contributed by atoms with E-state index in [-0.39, 0.29) is 5.41 Å². The van der Waals surface area contributed by atoms with Gasteiger partial charge in [-0.05, 0) is 22.0 Å². The van der Waals surface area contributed by atoms with Crippen molar-refractivity contribution in [2.24, 2.45) is 0 Å². The zero-order chi connectivity index (χ0) is 13.1. The van der Waals surface area contributed by atoms with Gasteiger partial charge in [0.2, 0.25) is 0 Å². The average molecular weight is 320 g/mol. The van der Waals surface area contributed by atoms with Gasteiger partial charge in [-0.2, -0.15) is 0 Å². The summed E-state index contributed by atoms with van der Waals surface area (Å²) in [5.74, 6) is -1.58. The van der Waals surface area contributed by atoms with Gasteiger partial charge in [-0.1, -0.05) is 13.8 Å². The number of thiophene rings is 1. The minimum Gasteiger partial charge on any atom is -0.462 e. The quantitative estimate of drug-likeness (QED) is 0.685. The summed E-state index contributed by atoms with van der Waals surface area (Å²) in [5, 5.41) is 4.54. The van der Waals surface area contributed by atoms with E-state index in [0.717, 1.165) is 9.35 Å². The molecule has 1 aromatic heterocycles. The largest absolute Gasteiger partial charge is 0.462 e. The third-order valence-corrected chi connectivity index (χ3v) is 4.35. The fourth-order valence-electron chi connectivity index (χ4n) is 1.22. The van der Waals surface area contributed by atoms with E-state index in [4.69, 9.17) is 0 Å². The maximum absolute atomic E-state index is 11.3. The van der Waals surface area contributed by atoms with Gasteiger partial charge in [-0.3, -0.25) is 4.79 Å². The minimum atomic E-state index is -0.867.